The molecule has 0 spiro atoms. The van der Waals surface area contributed by atoms with E-state index in [0.29, 0.717) is 0 Å². The van der Waals surface area contributed by atoms with E-state index in [1.54, 1.807) is 24.3 Å². The predicted octanol–water partition coefficient (Wildman–Crippen LogP) is 1.86. The van der Waals surface area contributed by atoms with Gasteiger partial charge in [0.05, 0.1) is 0 Å². The standard InChI is InChI=1S/C16H15N3O2/c1-12-5-4-6-13(11-12)8-9-15(20)18-19-16(21)14-7-2-3-10-17-14/h2-11H,1H3,(H,18,20)(H,19,21)/b9-8+. The van der Waals surface area contributed by atoms with Crippen LogP contribution >= 0.6 is 0 Å². The van der Waals surface area contributed by atoms with E-state index < -0.39 is 11.8 Å². The van der Waals surface area contributed by atoms with Crippen molar-refractivity contribution in [3.05, 3.63) is 71.6 Å². The normalized spacial score (nSPS) is 10.3. The molecular formula is C16H15N3O2. The molecule has 5 nitrogen and oxygen atoms in total. The number of pyridine rings is 1. The second-order valence-electron chi connectivity index (χ2n) is 4.41. The van der Waals surface area contributed by atoms with Crippen LogP contribution in [-0.2, 0) is 4.79 Å². The lowest BCUT2D eigenvalue weighted by Crippen LogP contribution is -2.41. The highest BCUT2D eigenvalue weighted by Gasteiger charge is 2.05. The summed E-state index contributed by atoms with van der Waals surface area (Å²) in [5, 5.41) is 0. The Morgan fingerprint density at radius 1 is 1.10 bits per heavy atom. The summed E-state index contributed by atoms with van der Waals surface area (Å²) in [5.41, 5.74) is 6.86. The molecule has 0 saturated heterocycles. The van der Waals surface area contributed by atoms with E-state index in [-0.39, 0.29) is 5.69 Å². The van der Waals surface area contributed by atoms with Crippen molar-refractivity contribution in [3.63, 3.8) is 0 Å². The van der Waals surface area contributed by atoms with Gasteiger partial charge in [0, 0.05) is 12.3 Å². The summed E-state index contributed by atoms with van der Waals surface area (Å²) in [6.07, 6.45) is 4.54. The van der Waals surface area contributed by atoms with Crippen LogP contribution in [0.1, 0.15) is 21.6 Å². The maximum atomic E-state index is 11.7. The van der Waals surface area contributed by atoms with Gasteiger partial charge in [0.1, 0.15) is 5.69 Å². The van der Waals surface area contributed by atoms with Crippen LogP contribution in [0.4, 0.5) is 0 Å². The molecule has 0 atom stereocenters. The van der Waals surface area contributed by atoms with Crippen LogP contribution in [0.5, 0.6) is 0 Å². The van der Waals surface area contributed by atoms with Gasteiger partial charge in [-0.3, -0.25) is 25.4 Å². The number of carbonyl (C=O) groups is 2. The van der Waals surface area contributed by atoms with Gasteiger partial charge in [-0.2, -0.15) is 0 Å². The van der Waals surface area contributed by atoms with Crippen LogP contribution in [-0.4, -0.2) is 16.8 Å². The van der Waals surface area contributed by atoms with Crippen molar-refractivity contribution in [3.8, 4) is 0 Å². The van der Waals surface area contributed by atoms with Crippen LogP contribution < -0.4 is 10.9 Å². The van der Waals surface area contributed by atoms with Gasteiger partial charge in [0.15, 0.2) is 0 Å². The first-order valence-corrected chi connectivity index (χ1v) is 6.41. The van der Waals surface area contributed by atoms with Crippen molar-refractivity contribution < 1.29 is 9.59 Å². The molecule has 0 radical (unpaired) electrons. The number of nitrogens with one attached hydrogen (secondary N) is 2. The van der Waals surface area contributed by atoms with Gasteiger partial charge in [0.25, 0.3) is 11.8 Å². The molecule has 5 heteroatoms. The summed E-state index contributed by atoms with van der Waals surface area (Å²) in [4.78, 5) is 27.1. The smallest absolute Gasteiger partial charge is 0.268 e. The summed E-state index contributed by atoms with van der Waals surface area (Å²) < 4.78 is 0. The number of carbonyl (C=O) groups excluding carboxylic acids is 2. The zero-order chi connectivity index (χ0) is 15.1. The Kier molecular flexibility index (Phi) is 4.82. The van der Waals surface area contributed by atoms with Gasteiger partial charge in [-0.1, -0.05) is 35.9 Å². The minimum atomic E-state index is -0.465. The third-order valence-electron chi connectivity index (χ3n) is 2.67. The SMILES string of the molecule is Cc1cccc(/C=C/C(=O)NNC(=O)c2ccccn2)c1. The summed E-state index contributed by atoms with van der Waals surface area (Å²) in [6.45, 7) is 1.98. The number of amides is 2. The molecule has 106 valence electrons. The number of hydrazine groups is 1. The largest absolute Gasteiger partial charge is 0.288 e. The zero-order valence-electron chi connectivity index (χ0n) is 11.5. The highest BCUT2D eigenvalue weighted by atomic mass is 16.2. The van der Waals surface area contributed by atoms with Gasteiger partial charge in [-0.15, -0.1) is 0 Å². The average molecular weight is 281 g/mol. The summed E-state index contributed by atoms with van der Waals surface area (Å²) >= 11 is 0. The molecule has 21 heavy (non-hydrogen) atoms. The Labute approximate surface area is 122 Å². The van der Waals surface area contributed by atoms with Crippen LogP contribution in [0.2, 0.25) is 0 Å². The minimum Gasteiger partial charge on any atom is -0.268 e. The number of hydrogen-bond acceptors (Lipinski definition) is 3. The molecule has 2 N–H and O–H groups in total. The van der Waals surface area contributed by atoms with Crippen molar-refractivity contribution in [1.82, 2.24) is 15.8 Å². The quantitative estimate of drug-likeness (QED) is 0.666. The topological polar surface area (TPSA) is 71.1 Å². The van der Waals surface area contributed by atoms with Gasteiger partial charge in [-0.25, -0.2) is 0 Å². The molecule has 0 aliphatic heterocycles. The molecule has 0 bridgehead atoms. The molecule has 1 aromatic heterocycles. The van der Waals surface area contributed by atoms with Gasteiger partial charge in [0.2, 0.25) is 0 Å². The second kappa shape index (κ2) is 7.00. The van der Waals surface area contributed by atoms with Gasteiger partial charge in [-0.05, 0) is 30.7 Å². The molecule has 2 amide bonds. The number of benzene rings is 1. The van der Waals surface area contributed by atoms with Crippen LogP contribution in [0, 0.1) is 6.92 Å². The highest BCUT2D eigenvalue weighted by molar-refractivity contribution is 5.96. The number of hydrogen-bond donors (Lipinski definition) is 2. The third-order valence-corrected chi connectivity index (χ3v) is 2.67. The molecule has 0 aliphatic carbocycles. The van der Waals surface area contributed by atoms with E-state index in [4.69, 9.17) is 0 Å². The van der Waals surface area contributed by atoms with Gasteiger partial charge < -0.3 is 0 Å². The predicted molar refractivity (Wildman–Crippen MR) is 80.1 cm³/mol. The molecule has 0 saturated carbocycles. The maximum Gasteiger partial charge on any atom is 0.288 e. The second-order valence-corrected chi connectivity index (χ2v) is 4.41. The van der Waals surface area contributed by atoms with Crippen molar-refractivity contribution >= 4 is 17.9 Å². The molecule has 1 aromatic carbocycles. The van der Waals surface area contributed by atoms with Crippen molar-refractivity contribution in [2.75, 3.05) is 0 Å². The van der Waals surface area contributed by atoms with Crippen LogP contribution in [0.25, 0.3) is 6.08 Å². The van der Waals surface area contributed by atoms with E-state index >= 15 is 0 Å². The Morgan fingerprint density at radius 3 is 2.67 bits per heavy atom. The maximum absolute atomic E-state index is 11.7. The van der Waals surface area contributed by atoms with E-state index in [1.165, 1.54) is 12.3 Å². The monoisotopic (exact) mass is 281 g/mol. The van der Waals surface area contributed by atoms with Crippen LogP contribution in [0.3, 0.4) is 0 Å². The first kappa shape index (κ1) is 14.5. The molecule has 2 aromatic rings. The zero-order valence-corrected chi connectivity index (χ0v) is 11.5. The first-order chi connectivity index (χ1) is 10.1. The Balaban J connectivity index is 1.86. The number of aryl methyl sites for hydroxylation is 1. The first-order valence-electron chi connectivity index (χ1n) is 6.41. The number of aromatic nitrogens is 1. The summed E-state index contributed by atoms with van der Waals surface area (Å²) in [6, 6.07) is 12.7. The lowest BCUT2D eigenvalue weighted by atomic mass is 10.1. The fourth-order valence-corrected chi connectivity index (χ4v) is 1.67. The van der Waals surface area contributed by atoms with Crippen molar-refractivity contribution in [2.45, 2.75) is 6.92 Å². The molecule has 0 unspecified atom stereocenters. The van der Waals surface area contributed by atoms with E-state index in [1.807, 2.05) is 31.2 Å². The van der Waals surface area contributed by atoms with Crippen LogP contribution in [0.15, 0.2) is 54.7 Å². The van der Waals surface area contributed by atoms with E-state index in [2.05, 4.69) is 15.8 Å². The third kappa shape index (κ3) is 4.58. The summed E-state index contributed by atoms with van der Waals surface area (Å²) in [5.74, 6) is -0.881. The van der Waals surface area contributed by atoms with Gasteiger partial charge >= 0.3 is 0 Å². The fraction of sp³-hybridized carbons (Fsp3) is 0.0625. The van der Waals surface area contributed by atoms with E-state index in [9.17, 15) is 9.59 Å². The lowest BCUT2D eigenvalue weighted by molar-refractivity contribution is -0.117. The molecular weight excluding hydrogens is 266 g/mol. The van der Waals surface area contributed by atoms with E-state index in [0.717, 1.165) is 11.1 Å². The molecule has 0 aliphatic rings. The molecule has 2 rings (SSSR count). The number of nitrogens with zero attached hydrogens (tertiary/aromatic N) is 1. The highest BCUT2D eigenvalue weighted by Crippen LogP contribution is 2.05. The Bertz CT molecular complexity index is 666. The Morgan fingerprint density at radius 2 is 1.95 bits per heavy atom. The Hall–Kier alpha value is -2.95. The fourth-order valence-electron chi connectivity index (χ4n) is 1.67. The summed E-state index contributed by atoms with van der Waals surface area (Å²) in [7, 11) is 0. The molecule has 0 fully saturated rings. The molecule has 1 heterocycles. The minimum absolute atomic E-state index is 0.237. The number of rotatable bonds is 3. The lowest BCUT2D eigenvalue weighted by Gasteiger charge is -2.04. The van der Waals surface area contributed by atoms with Crippen molar-refractivity contribution in [2.24, 2.45) is 0 Å². The van der Waals surface area contributed by atoms with Crippen molar-refractivity contribution in [1.29, 1.82) is 0 Å². The average Bonchev–Trinajstić information content (AvgIpc) is 2.51.